The lowest BCUT2D eigenvalue weighted by molar-refractivity contribution is -0.126. The lowest BCUT2D eigenvalue weighted by atomic mass is 10.00. The van der Waals surface area contributed by atoms with E-state index in [-0.39, 0.29) is 11.9 Å². The molecule has 0 radical (unpaired) electrons. The molecule has 1 aromatic carbocycles. The van der Waals surface area contributed by atoms with Crippen LogP contribution in [0.2, 0.25) is 0 Å². The summed E-state index contributed by atoms with van der Waals surface area (Å²) >= 11 is 3.40. The van der Waals surface area contributed by atoms with E-state index in [0.717, 1.165) is 27.6 Å². The predicted molar refractivity (Wildman–Crippen MR) is 98.8 cm³/mol. The van der Waals surface area contributed by atoms with Gasteiger partial charge in [0, 0.05) is 11.1 Å². The van der Waals surface area contributed by atoms with Gasteiger partial charge in [0.15, 0.2) is 0 Å². The van der Waals surface area contributed by atoms with Crippen LogP contribution in [0, 0.1) is 6.92 Å². The standard InChI is InChI=1S/C17H23N3OS2/c1-12-7-5-6-8-14(12)16(20(2)3)17(21)18-9-13-10-23-15(19-13)11-22-4/h5-8,10,16H,9,11H2,1-4H3,(H,18,21)/t16-/m0/s1. The van der Waals surface area contributed by atoms with Crippen molar-refractivity contribution in [2.75, 3.05) is 20.4 Å². The number of benzene rings is 1. The third-order valence-electron chi connectivity index (χ3n) is 3.56. The van der Waals surface area contributed by atoms with Gasteiger partial charge in [-0.2, -0.15) is 11.8 Å². The Kier molecular flexibility index (Phi) is 6.62. The van der Waals surface area contributed by atoms with Gasteiger partial charge in [0.05, 0.1) is 12.2 Å². The maximum absolute atomic E-state index is 12.7. The fourth-order valence-corrected chi connectivity index (χ4v) is 3.96. The summed E-state index contributed by atoms with van der Waals surface area (Å²) < 4.78 is 0. The van der Waals surface area contributed by atoms with Crippen LogP contribution in [0.15, 0.2) is 29.6 Å². The highest BCUT2D eigenvalue weighted by molar-refractivity contribution is 7.97. The largest absolute Gasteiger partial charge is 0.349 e. The van der Waals surface area contributed by atoms with Gasteiger partial charge in [0.25, 0.3) is 0 Å². The fraction of sp³-hybridized carbons (Fsp3) is 0.412. The van der Waals surface area contributed by atoms with E-state index in [4.69, 9.17) is 0 Å². The van der Waals surface area contributed by atoms with Crippen molar-refractivity contribution >= 4 is 29.0 Å². The number of nitrogens with one attached hydrogen (secondary N) is 1. The van der Waals surface area contributed by atoms with Gasteiger partial charge in [0.1, 0.15) is 11.0 Å². The highest BCUT2D eigenvalue weighted by Gasteiger charge is 2.24. The van der Waals surface area contributed by atoms with Crippen LogP contribution >= 0.6 is 23.1 Å². The third-order valence-corrected chi connectivity index (χ3v) is 5.20. The minimum atomic E-state index is -0.291. The zero-order chi connectivity index (χ0) is 16.8. The van der Waals surface area contributed by atoms with Crippen molar-refractivity contribution in [2.24, 2.45) is 0 Å². The zero-order valence-corrected chi connectivity index (χ0v) is 15.6. The molecule has 1 aromatic heterocycles. The van der Waals surface area contributed by atoms with Crippen molar-refractivity contribution in [2.45, 2.75) is 25.3 Å². The summed E-state index contributed by atoms with van der Waals surface area (Å²) in [5.74, 6) is 0.922. The summed E-state index contributed by atoms with van der Waals surface area (Å²) in [4.78, 5) is 19.1. The van der Waals surface area contributed by atoms with Crippen molar-refractivity contribution in [1.82, 2.24) is 15.2 Å². The molecular formula is C17H23N3OS2. The Morgan fingerprint density at radius 3 is 2.78 bits per heavy atom. The van der Waals surface area contributed by atoms with Crippen LogP contribution in [0.25, 0.3) is 0 Å². The Bertz CT molecular complexity index is 655. The van der Waals surface area contributed by atoms with Crippen LogP contribution in [0.5, 0.6) is 0 Å². The van der Waals surface area contributed by atoms with Crippen LogP contribution < -0.4 is 5.32 Å². The van der Waals surface area contributed by atoms with Crippen molar-refractivity contribution in [1.29, 1.82) is 0 Å². The summed E-state index contributed by atoms with van der Waals surface area (Å²) in [5, 5.41) is 6.14. The van der Waals surface area contributed by atoms with Gasteiger partial charge in [-0.1, -0.05) is 24.3 Å². The molecule has 124 valence electrons. The number of carbonyl (C=O) groups excluding carboxylic acids is 1. The first kappa shape index (κ1) is 18.0. The van der Waals surface area contributed by atoms with Crippen LogP contribution in [0.3, 0.4) is 0 Å². The molecule has 0 aliphatic rings. The Morgan fingerprint density at radius 2 is 2.13 bits per heavy atom. The second-order valence-corrected chi connectivity index (χ2v) is 7.41. The molecule has 23 heavy (non-hydrogen) atoms. The summed E-state index contributed by atoms with van der Waals surface area (Å²) in [5.41, 5.74) is 3.09. The third kappa shape index (κ3) is 4.80. The van der Waals surface area contributed by atoms with Gasteiger partial charge in [-0.3, -0.25) is 9.69 Å². The molecule has 0 unspecified atom stereocenters. The van der Waals surface area contributed by atoms with Crippen molar-refractivity contribution < 1.29 is 4.79 Å². The molecule has 1 N–H and O–H groups in total. The second kappa shape index (κ2) is 8.47. The smallest absolute Gasteiger partial charge is 0.242 e. The molecule has 0 spiro atoms. The summed E-state index contributed by atoms with van der Waals surface area (Å²) in [6.45, 7) is 2.51. The van der Waals surface area contributed by atoms with Crippen molar-refractivity contribution in [3.63, 3.8) is 0 Å². The Morgan fingerprint density at radius 1 is 1.39 bits per heavy atom. The normalized spacial score (nSPS) is 12.4. The molecule has 4 nitrogen and oxygen atoms in total. The van der Waals surface area contributed by atoms with Gasteiger partial charge >= 0.3 is 0 Å². The van der Waals surface area contributed by atoms with Crippen molar-refractivity contribution in [3.05, 3.63) is 51.5 Å². The van der Waals surface area contributed by atoms with E-state index >= 15 is 0 Å². The van der Waals surface area contributed by atoms with E-state index in [1.807, 2.05) is 55.6 Å². The number of nitrogens with zero attached hydrogens (tertiary/aromatic N) is 2. The molecule has 0 aliphatic heterocycles. The van der Waals surface area contributed by atoms with Crippen LogP contribution in [-0.2, 0) is 17.1 Å². The molecular weight excluding hydrogens is 326 g/mol. The first-order valence-electron chi connectivity index (χ1n) is 7.44. The highest BCUT2D eigenvalue weighted by atomic mass is 32.2. The van der Waals surface area contributed by atoms with Crippen molar-refractivity contribution in [3.8, 4) is 0 Å². The Hall–Kier alpha value is -1.37. The van der Waals surface area contributed by atoms with Crippen LogP contribution in [0.1, 0.15) is 27.9 Å². The number of aryl methyl sites for hydroxylation is 1. The number of thiazole rings is 1. The topological polar surface area (TPSA) is 45.2 Å². The minimum absolute atomic E-state index is 0.00344. The molecule has 2 aromatic rings. The number of carbonyl (C=O) groups is 1. The monoisotopic (exact) mass is 349 g/mol. The maximum atomic E-state index is 12.7. The van der Waals surface area contributed by atoms with Crippen LogP contribution in [-0.4, -0.2) is 36.1 Å². The van der Waals surface area contributed by atoms with E-state index in [1.165, 1.54) is 0 Å². The predicted octanol–water partition coefficient (Wildman–Crippen LogP) is 3.23. The molecule has 0 aliphatic carbocycles. The van der Waals surface area contributed by atoms with E-state index < -0.39 is 0 Å². The molecule has 1 atom stereocenters. The van der Waals surface area contributed by atoms with Gasteiger partial charge in [0.2, 0.25) is 5.91 Å². The van der Waals surface area contributed by atoms with E-state index in [9.17, 15) is 4.79 Å². The number of amides is 1. The lowest BCUT2D eigenvalue weighted by Gasteiger charge is -2.25. The summed E-state index contributed by atoms with van der Waals surface area (Å²) in [6, 6.07) is 7.72. The van der Waals surface area contributed by atoms with Gasteiger partial charge in [-0.25, -0.2) is 4.98 Å². The Balaban J connectivity index is 2.05. The van der Waals surface area contributed by atoms with Gasteiger partial charge in [-0.05, 0) is 38.4 Å². The molecule has 0 saturated carbocycles. The molecule has 2 rings (SSSR count). The molecule has 6 heteroatoms. The SMILES string of the molecule is CSCc1nc(CNC(=O)[C@H](c2ccccc2C)N(C)C)cs1. The molecule has 0 fully saturated rings. The fourth-order valence-electron chi connectivity index (χ4n) is 2.44. The molecule has 1 amide bonds. The maximum Gasteiger partial charge on any atom is 0.242 e. The van der Waals surface area contributed by atoms with Crippen LogP contribution in [0.4, 0.5) is 0 Å². The Labute approximate surface area is 146 Å². The first-order chi connectivity index (χ1) is 11.0. The summed E-state index contributed by atoms with van der Waals surface area (Å²) in [7, 11) is 3.85. The molecule has 0 bridgehead atoms. The van der Waals surface area contributed by atoms with E-state index in [2.05, 4.69) is 16.6 Å². The highest BCUT2D eigenvalue weighted by Crippen LogP contribution is 2.22. The minimum Gasteiger partial charge on any atom is -0.349 e. The lowest BCUT2D eigenvalue weighted by Crippen LogP contribution is -2.37. The molecule has 1 heterocycles. The average Bonchev–Trinajstić information content (AvgIpc) is 2.95. The average molecular weight is 350 g/mol. The first-order valence-corrected chi connectivity index (χ1v) is 9.72. The molecule has 0 saturated heterocycles. The number of thioether (sulfide) groups is 1. The quantitative estimate of drug-likeness (QED) is 0.833. The second-order valence-electron chi connectivity index (χ2n) is 5.61. The summed E-state index contributed by atoms with van der Waals surface area (Å²) in [6.07, 6.45) is 2.06. The number of hydrogen-bond acceptors (Lipinski definition) is 5. The van der Waals surface area contributed by atoms with Gasteiger partial charge in [-0.15, -0.1) is 11.3 Å². The number of aromatic nitrogens is 1. The number of likely N-dealkylation sites (N-methyl/N-ethyl adjacent to an activating group) is 1. The number of hydrogen-bond donors (Lipinski definition) is 1. The zero-order valence-electron chi connectivity index (χ0n) is 14.0. The van der Waals surface area contributed by atoms with E-state index in [1.54, 1.807) is 23.1 Å². The van der Waals surface area contributed by atoms with E-state index in [0.29, 0.717) is 6.54 Å². The van der Waals surface area contributed by atoms with Gasteiger partial charge < -0.3 is 5.32 Å². The number of rotatable bonds is 7.